The zero-order valence-electron chi connectivity index (χ0n) is 14.0. The second-order valence-corrected chi connectivity index (χ2v) is 5.57. The number of methoxy groups -OCH3 is 1. The number of carbonyl (C=O) groups is 1. The van der Waals surface area contributed by atoms with E-state index in [1.54, 1.807) is 19.1 Å². The van der Waals surface area contributed by atoms with Crippen LogP contribution in [0.3, 0.4) is 0 Å². The zero-order chi connectivity index (χ0) is 16.8. The molecule has 6 heteroatoms. The van der Waals surface area contributed by atoms with Gasteiger partial charge in [0.2, 0.25) is 0 Å². The van der Waals surface area contributed by atoms with Crippen molar-refractivity contribution < 1.29 is 14.1 Å². The molecule has 6 nitrogen and oxygen atoms in total. The van der Waals surface area contributed by atoms with Crippen molar-refractivity contribution in [2.75, 3.05) is 14.2 Å². The number of nitrogens with one attached hydrogen (secondary N) is 1. The summed E-state index contributed by atoms with van der Waals surface area (Å²) >= 11 is 0. The first-order valence-corrected chi connectivity index (χ1v) is 7.48. The highest BCUT2D eigenvalue weighted by Crippen LogP contribution is 2.14. The molecule has 1 aromatic heterocycles. The fourth-order valence-electron chi connectivity index (χ4n) is 2.35. The second kappa shape index (κ2) is 7.78. The van der Waals surface area contributed by atoms with Gasteiger partial charge in [0.05, 0.1) is 18.8 Å². The van der Waals surface area contributed by atoms with Gasteiger partial charge in [-0.15, -0.1) is 0 Å². The van der Waals surface area contributed by atoms with Crippen LogP contribution in [-0.4, -0.2) is 30.2 Å². The van der Waals surface area contributed by atoms with Crippen LogP contribution < -0.4 is 5.32 Å². The van der Waals surface area contributed by atoms with E-state index in [1.165, 1.54) is 0 Å². The number of nitrogens with zero attached hydrogens (tertiary/aromatic N) is 2. The Morgan fingerprint density at radius 2 is 2.09 bits per heavy atom. The van der Waals surface area contributed by atoms with Gasteiger partial charge in [-0.05, 0) is 25.0 Å². The summed E-state index contributed by atoms with van der Waals surface area (Å²) in [5, 5.41) is 6.82. The summed E-state index contributed by atoms with van der Waals surface area (Å²) in [6.07, 6.45) is 0. The Bertz CT molecular complexity index is 647. The first-order valence-electron chi connectivity index (χ1n) is 7.48. The van der Waals surface area contributed by atoms with E-state index >= 15 is 0 Å². The van der Waals surface area contributed by atoms with Crippen LogP contribution in [-0.2, 0) is 24.4 Å². The maximum absolute atomic E-state index is 12.2. The molecule has 2 amide bonds. The van der Waals surface area contributed by atoms with E-state index < -0.39 is 0 Å². The third kappa shape index (κ3) is 4.56. The molecule has 0 atom stereocenters. The summed E-state index contributed by atoms with van der Waals surface area (Å²) < 4.78 is 10.2. The predicted octanol–water partition coefficient (Wildman–Crippen LogP) is 2.78. The van der Waals surface area contributed by atoms with Crippen LogP contribution in [0.15, 0.2) is 28.8 Å². The molecule has 0 aliphatic carbocycles. The van der Waals surface area contributed by atoms with Crippen LogP contribution in [0.1, 0.15) is 28.1 Å². The Hall–Kier alpha value is -2.34. The molecule has 1 N–H and O–H groups in total. The fraction of sp³-hybridized carbons (Fsp3) is 0.412. The molecule has 1 heterocycles. The number of ether oxygens (including phenoxy) is 1. The van der Waals surface area contributed by atoms with E-state index in [4.69, 9.17) is 9.26 Å². The molecule has 0 saturated carbocycles. The van der Waals surface area contributed by atoms with E-state index in [-0.39, 0.29) is 6.03 Å². The molecule has 124 valence electrons. The number of urea groups is 1. The summed E-state index contributed by atoms with van der Waals surface area (Å²) in [7, 11) is 3.42. The van der Waals surface area contributed by atoms with Crippen molar-refractivity contribution in [3.05, 3.63) is 52.4 Å². The van der Waals surface area contributed by atoms with Gasteiger partial charge in [-0.2, -0.15) is 0 Å². The van der Waals surface area contributed by atoms with Gasteiger partial charge >= 0.3 is 6.03 Å². The molecule has 2 rings (SSSR count). The molecule has 0 bridgehead atoms. The van der Waals surface area contributed by atoms with Gasteiger partial charge in [-0.1, -0.05) is 29.4 Å². The smallest absolute Gasteiger partial charge is 0.317 e. The predicted molar refractivity (Wildman–Crippen MR) is 86.8 cm³/mol. The largest absolute Gasteiger partial charge is 0.380 e. The zero-order valence-corrected chi connectivity index (χ0v) is 14.0. The molecule has 23 heavy (non-hydrogen) atoms. The number of amides is 2. The molecule has 0 aliphatic heterocycles. The minimum absolute atomic E-state index is 0.137. The monoisotopic (exact) mass is 317 g/mol. The highest BCUT2D eigenvalue weighted by atomic mass is 16.5. The van der Waals surface area contributed by atoms with Gasteiger partial charge in [-0.25, -0.2) is 4.79 Å². The number of rotatable bonds is 6. The molecule has 0 spiro atoms. The molecule has 0 radical (unpaired) electrons. The lowest BCUT2D eigenvalue weighted by Gasteiger charge is -2.18. The van der Waals surface area contributed by atoms with Crippen molar-refractivity contribution in [2.24, 2.45) is 0 Å². The van der Waals surface area contributed by atoms with Crippen molar-refractivity contribution in [1.29, 1.82) is 0 Å². The van der Waals surface area contributed by atoms with E-state index in [0.717, 1.165) is 28.1 Å². The average Bonchev–Trinajstić information content (AvgIpc) is 2.85. The number of aromatic nitrogens is 1. The normalized spacial score (nSPS) is 10.6. The highest BCUT2D eigenvalue weighted by Gasteiger charge is 2.15. The van der Waals surface area contributed by atoms with Crippen molar-refractivity contribution in [3.63, 3.8) is 0 Å². The second-order valence-electron chi connectivity index (χ2n) is 5.57. The van der Waals surface area contributed by atoms with Gasteiger partial charge in [0.15, 0.2) is 0 Å². The molecular weight excluding hydrogens is 294 g/mol. The maximum Gasteiger partial charge on any atom is 0.317 e. The minimum atomic E-state index is -0.137. The molecule has 2 aromatic rings. The van der Waals surface area contributed by atoms with Crippen LogP contribution in [0.4, 0.5) is 4.79 Å². The Morgan fingerprint density at radius 3 is 2.74 bits per heavy atom. The van der Waals surface area contributed by atoms with Crippen LogP contribution in [0, 0.1) is 13.8 Å². The van der Waals surface area contributed by atoms with E-state index in [1.807, 2.05) is 38.1 Å². The van der Waals surface area contributed by atoms with Crippen molar-refractivity contribution in [3.8, 4) is 0 Å². The molecule has 0 aliphatic rings. The molecular formula is C17H23N3O3. The Kier molecular flexibility index (Phi) is 5.76. The van der Waals surface area contributed by atoms with Gasteiger partial charge in [0, 0.05) is 26.3 Å². The first-order chi connectivity index (χ1) is 11.0. The van der Waals surface area contributed by atoms with E-state index in [2.05, 4.69) is 10.5 Å². The van der Waals surface area contributed by atoms with Crippen LogP contribution in [0.5, 0.6) is 0 Å². The molecule has 1 aromatic carbocycles. The summed E-state index contributed by atoms with van der Waals surface area (Å²) in [4.78, 5) is 13.8. The van der Waals surface area contributed by atoms with Crippen LogP contribution in [0.25, 0.3) is 0 Å². The Labute approximate surface area is 136 Å². The maximum atomic E-state index is 12.2. The Balaban J connectivity index is 1.90. The molecule has 0 unspecified atom stereocenters. The average molecular weight is 317 g/mol. The first kappa shape index (κ1) is 17.0. The summed E-state index contributed by atoms with van der Waals surface area (Å²) in [6.45, 7) is 5.23. The van der Waals surface area contributed by atoms with Gasteiger partial charge in [-0.3, -0.25) is 0 Å². The van der Waals surface area contributed by atoms with Gasteiger partial charge in [0.25, 0.3) is 0 Å². The summed E-state index contributed by atoms with van der Waals surface area (Å²) in [5.41, 5.74) is 3.89. The van der Waals surface area contributed by atoms with Crippen LogP contribution in [0.2, 0.25) is 0 Å². The number of carbonyl (C=O) groups excluding carboxylic acids is 1. The fourth-order valence-corrected chi connectivity index (χ4v) is 2.35. The number of hydrogen-bond acceptors (Lipinski definition) is 4. The molecule has 0 fully saturated rings. The van der Waals surface area contributed by atoms with Crippen molar-refractivity contribution in [1.82, 2.24) is 15.4 Å². The van der Waals surface area contributed by atoms with E-state index in [0.29, 0.717) is 19.7 Å². The lowest BCUT2D eigenvalue weighted by molar-refractivity contribution is 0.185. The van der Waals surface area contributed by atoms with E-state index in [9.17, 15) is 4.79 Å². The topological polar surface area (TPSA) is 67.6 Å². The standard InChI is InChI=1S/C17H23N3O3/c1-12-16(13(2)23-19-12)10-20(3)17(21)18-9-14-6-5-7-15(8-14)11-22-4/h5-8H,9-11H2,1-4H3,(H,18,21). The SMILES string of the molecule is COCc1cccc(CNC(=O)N(C)Cc2c(C)noc2C)c1. The number of aryl methyl sites for hydroxylation is 2. The molecule has 0 saturated heterocycles. The lowest BCUT2D eigenvalue weighted by Crippen LogP contribution is -2.36. The summed E-state index contributed by atoms with van der Waals surface area (Å²) in [5.74, 6) is 0.745. The third-order valence-corrected chi connectivity index (χ3v) is 3.67. The highest BCUT2D eigenvalue weighted by molar-refractivity contribution is 5.73. The number of benzene rings is 1. The van der Waals surface area contributed by atoms with Gasteiger partial charge in [0.1, 0.15) is 5.76 Å². The minimum Gasteiger partial charge on any atom is -0.380 e. The van der Waals surface area contributed by atoms with Crippen molar-refractivity contribution >= 4 is 6.03 Å². The third-order valence-electron chi connectivity index (χ3n) is 3.67. The van der Waals surface area contributed by atoms with Crippen molar-refractivity contribution in [2.45, 2.75) is 33.5 Å². The van der Waals surface area contributed by atoms with Gasteiger partial charge < -0.3 is 19.5 Å². The Morgan fingerprint density at radius 1 is 1.35 bits per heavy atom. The lowest BCUT2D eigenvalue weighted by atomic mass is 10.1. The van der Waals surface area contributed by atoms with Crippen LogP contribution >= 0.6 is 0 Å². The number of hydrogen-bond donors (Lipinski definition) is 1. The summed E-state index contributed by atoms with van der Waals surface area (Å²) in [6, 6.07) is 7.83. The quantitative estimate of drug-likeness (QED) is 0.889.